The average Bonchev–Trinajstić information content (AvgIpc) is 3.07. The van der Waals surface area contributed by atoms with Gasteiger partial charge in [-0.2, -0.15) is 0 Å². The molecule has 1 saturated heterocycles. The number of nitrogens with zero attached hydrogens (tertiary/aromatic N) is 1. The van der Waals surface area contributed by atoms with Gasteiger partial charge in [-0.25, -0.2) is 4.79 Å². The molecule has 1 spiro atoms. The van der Waals surface area contributed by atoms with E-state index in [9.17, 15) is 4.79 Å². The average molecular weight is 446 g/mol. The highest BCUT2D eigenvalue weighted by Crippen LogP contribution is 2.46. The second kappa shape index (κ2) is 9.59. The number of rotatable bonds is 6. The van der Waals surface area contributed by atoms with E-state index in [-0.39, 0.29) is 6.03 Å². The summed E-state index contributed by atoms with van der Waals surface area (Å²) >= 11 is 11.9. The number of piperidine rings is 1. The number of nitrogens with one attached hydrogen (secondary N) is 2. The lowest BCUT2D eigenvalue weighted by Gasteiger charge is -2.40. The lowest BCUT2D eigenvalue weighted by molar-refractivity contribution is 0.156. The summed E-state index contributed by atoms with van der Waals surface area (Å²) in [6.45, 7) is 4.12. The molecule has 1 aliphatic carbocycles. The van der Waals surface area contributed by atoms with Crippen molar-refractivity contribution in [1.29, 1.82) is 0 Å². The number of carbonyl (C=O) groups is 1. The van der Waals surface area contributed by atoms with Crippen LogP contribution in [-0.2, 0) is 11.8 Å². The number of hydrogen-bond acceptors (Lipinski definition) is 2. The van der Waals surface area contributed by atoms with Crippen molar-refractivity contribution in [3.8, 4) is 0 Å². The molecule has 2 aliphatic rings. The molecule has 4 nitrogen and oxygen atoms in total. The molecule has 0 saturated carbocycles. The lowest BCUT2D eigenvalue weighted by Crippen LogP contribution is -2.42. The van der Waals surface area contributed by atoms with Crippen LogP contribution in [0.2, 0.25) is 10.0 Å². The second-order valence-corrected chi connectivity index (χ2v) is 9.40. The second-order valence-electron chi connectivity index (χ2n) is 8.53. The van der Waals surface area contributed by atoms with Gasteiger partial charge in [-0.15, -0.1) is 0 Å². The van der Waals surface area contributed by atoms with Gasteiger partial charge in [-0.05, 0) is 92.9 Å². The first kappa shape index (κ1) is 21.5. The lowest BCUT2D eigenvalue weighted by atomic mass is 9.74. The number of amides is 2. The van der Waals surface area contributed by atoms with Gasteiger partial charge in [0.05, 0.1) is 0 Å². The summed E-state index contributed by atoms with van der Waals surface area (Å²) in [5.74, 6) is 0. The Morgan fingerprint density at radius 3 is 2.50 bits per heavy atom. The summed E-state index contributed by atoms with van der Waals surface area (Å²) in [6, 6.07) is 13.8. The Labute approximate surface area is 188 Å². The Morgan fingerprint density at radius 2 is 1.73 bits per heavy atom. The number of halogens is 2. The van der Waals surface area contributed by atoms with Crippen molar-refractivity contribution in [3.63, 3.8) is 0 Å². The number of carbonyl (C=O) groups excluding carboxylic acids is 1. The number of likely N-dealkylation sites (tertiary alicyclic amines) is 1. The van der Waals surface area contributed by atoms with Gasteiger partial charge in [-0.1, -0.05) is 47.5 Å². The molecule has 2 N–H and O–H groups in total. The molecule has 0 aromatic heterocycles. The van der Waals surface area contributed by atoms with Gasteiger partial charge in [0.2, 0.25) is 0 Å². The van der Waals surface area contributed by atoms with Crippen LogP contribution in [0.25, 0.3) is 0 Å². The zero-order valence-corrected chi connectivity index (χ0v) is 18.7. The number of anilines is 1. The molecule has 0 atom stereocenters. The summed E-state index contributed by atoms with van der Waals surface area (Å²) in [5.41, 5.74) is 4.20. The van der Waals surface area contributed by atoms with Crippen LogP contribution >= 0.6 is 23.2 Å². The molecular weight excluding hydrogens is 417 g/mol. The maximum Gasteiger partial charge on any atom is 0.319 e. The van der Waals surface area contributed by atoms with Crippen LogP contribution in [0.4, 0.5) is 10.5 Å². The highest BCUT2D eigenvalue weighted by Gasteiger charge is 2.40. The Balaban J connectivity index is 1.13. The first-order chi connectivity index (χ1) is 14.5. The highest BCUT2D eigenvalue weighted by molar-refractivity contribution is 6.35. The normalized spacial score (nSPS) is 17.7. The quantitative estimate of drug-likeness (QED) is 0.545. The van der Waals surface area contributed by atoms with Gasteiger partial charge in [-0.3, -0.25) is 0 Å². The number of hydrogen-bond donors (Lipinski definition) is 2. The third-order valence-electron chi connectivity index (χ3n) is 6.58. The fourth-order valence-electron chi connectivity index (χ4n) is 4.95. The molecule has 0 unspecified atom stereocenters. The van der Waals surface area contributed by atoms with Crippen molar-refractivity contribution in [2.75, 3.05) is 31.5 Å². The van der Waals surface area contributed by atoms with Crippen LogP contribution in [-0.4, -0.2) is 37.1 Å². The minimum absolute atomic E-state index is 0.229. The molecular formula is C24H29Cl2N3O. The fraction of sp³-hybridized carbons (Fsp3) is 0.458. The summed E-state index contributed by atoms with van der Waals surface area (Å²) in [7, 11) is 0. The van der Waals surface area contributed by atoms with Crippen LogP contribution in [0, 0.1) is 0 Å². The first-order valence-corrected chi connectivity index (χ1v) is 11.6. The largest absolute Gasteiger partial charge is 0.338 e. The Morgan fingerprint density at radius 1 is 1.00 bits per heavy atom. The van der Waals surface area contributed by atoms with E-state index in [1.165, 1.54) is 38.8 Å². The predicted molar refractivity (Wildman–Crippen MR) is 125 cm³/mol. The van der Waals surface area contributed by atoms with E-state index in [0.717, 1.165) is 19.4 Å². The van der Waals surface area contributed by atoms with Gasteiger partial charge >= 0.3 is 6.03 Å². The van der Waals surface area contributed by atoms with Crippen molar-refractivity contribution in [3.05, 3.63) is 63.6 Å². The van der Waals surface area contributed by atoms with Crippen LogP contribution in [0.5, 0.6) is 0 Å². The third kappa shape index (κ3) is 5.11. The van der Waals surface area contributed by atoms with E-state index >= 15 is 0 Å². The van der Waals surface area contributed by atoms with E-state index < -0.39 is 0 Å². The van der Waals surface area contributed by atoms with Crippen LogP contribution in [0.3, 0.4) is 0 Å². The molecule has 4 rings (SSSR count). The van der Waals surface area contributed by atoms with E-state index in [0.29, 0.717) is 27.7 Å². The molecule has 0 radical (unpaired) electrons. The highest BCUT2D eigenvalue weighted by atomic mass is 35.5. The number of fused-ring (bicyclic) bond motifs is 2. The maximum absolute atomic E-state index is 12.0. The molecule has 2 aromatic rings. The summed E-state index contributed by atoms with van der Waals surface area (Å²) in [5, 5.41) is 6.68. The van der Waals surface area contributed by atoms with Gasteiger partial charge in [0.15, 0.2) is 0 Å². The molecule has 1 aliphatic heterocycles. The predicted octanol–water partition coefficient (Wildman–Crippen LogP) is 5.88. The van der Waals surface area contributed by atoms with Crippen LogP contribution in [0.1, 0.15) is 43.2 Å². The molecule has 1 fully saturated rings. The summed E-state index contributed by atoms with van der Waals surface area (Å²) < 4.78 is 0. The van der Waals surface area contributed by atoms with Crippen molar-refractivity contribution in [1.82, 2.24) is 10.2 Å². The number of unbranched alkanes of at least 4 members (excludes halogenated alkanes) is 1. The molecule has 2 aromatic carbocycles. The standard InChI is InChI=1S/C24H29Cl2N3O/c25-19-15-20(26)17-21(16-19)28-23(30)27-11-3-4-12-29-13-9-24(10-14-29)8-7-18-5-1-2-6-22(18)24/h1-2,5-6,15-17H,3-4,7-14H2,(H2,27,28,30). The third-order valence-corrected chi connectivity index (χ3v) is 7.02. The van der Waals surface area contributed by atoms with Crippen molar-refractivity contribution < 1.29 is 4.79 Å². The monoisotopic (exact) mass is 445 g/mol. The Kier molecular flexibility index (Phi) is 6.87. The molecule has 160 valence electrons. The molecule has 1 heterocycles. The fourth-order valence-corrected chi connectivity index (χ4v) is 5.48. The smallest absolute Gasteiger partial charge is 0.319 e. The number of urea groups is 1. The van der Waals surface area contributed by atoms with E-state index in [4.69, 9.17) is 23.2 Å². The van der Waals surface area contributed by atoms with Gasteiger partial charge in [0, 0.05) is 22.3 Å². The number of aryl methyl sites for hydroxylation is 1. The topological polar surface area (TPSA) is 44.4 Å². The first-order valence-electron chi connectivity index (χ1n) is 10.9. The number of benzene rings is 2. The molecule has 2 amide bonds. The maximum atomic E-state index is 12.0. The zero-order chi connectivity index (χ0) is 21.0. The van der Waals surface area contributed by atoms with Crippen LogP contribution in [0.15, 0.2) is 42.5 Å². The molecule has 30 heavy (non-hydrogen) atoms. The van der Waals surface area contributed by atoms with Crippen molar-refractivity contribution in [2.24, 2.45) is 0 Å². The minimum Gasteiger partial charge on any atom is -0.338 e. The van der Waals surface area contributed by atoms with Crippen molar-refractivity contribution >= 4 is 34.9 Å². The summed E-state index contributed by atoms with van der Waals surface area (Å²) in [4.78, 5) is 14.6. The Hall–Kier alpha value is -1.75. The van der Waals surface area contributed by atoms with E-state index in [2.05, 4.69) is 39.8 Å². The van der Waals surface area contributed by atoms with Crippen LogP contribution < -0.4 is 10.6 Å². The molecule has 0 bridgehead atoms. The van der Waals surface area contributed by atoms with Crippen molar-refractivity contribution in [2.45, 2.75) is 43.9 Å². The van der Waals surface area contributed by atoms with Gasteiger partial charge < -0.3 is 15.5 Å². The minimum atomic E-state index is -0.229. The van der Waals surface area contributed by atoms with E-state index in [1.807, 2.05) is 0 Å². The van der Waals surface area contributed by atoms with Gasteiger partial charge in [0.25, 0.3) is 0 Å². The molecule has 6 heteroatoms. The zero-order valence-electron chi connectivity index (χ0n) is 17.2. The Bertz CT molecular complexity index is 874. The SMILES string of the molecule is O=C(NCCCCN1CCC2(CCc3ccccc32)CC1)Nc1cc(Cl)cc(Cl)c1. The van der Waals surface area contributed by atoms with E-state index in [1.54, 1.807) is 29.3 Å². The van der Waals surface area contributed by atoms with Gasteiger partial charge in [0.1, 0.15) is 0 Å². The summed E-state index contributed by atoms with van der Waals surface area (Å²) in [6.07, 6.45) is 7.16.